The van der Waals surface area contributed by atoms with Crippen LogP contribution in [0, 0.1) is 0 Å². The van der Waals surface area contributed by atoms with E-state index < -0.39 is 12.0 Å². The molecule has 0 saturated carbocycles. The van der Waals surface area contributed by atoms with Crippen LogP contribution in [-0.2, 0) is 16.1 Å². The Hall–Kier alpha value is -3.33. The molecule has 1 aliphatic rings. The van der Waals surface area contributed by atoms with Crippen molar-refractivity contribution in [2.75, 3.05) is 18.5 Å². The zero-order chi connectivity index (χ0) is 23.4. The van der Waals surface area contributed by atoms with Gasteiger partial charge in [-0.05, 0) is 56.2 Å². The molecule has 2 heterocycles. The van der Waals surface area contributed by atoms with E-state index in [1.807, 2.05) is 56.3 Å². The third-order valence-electron chi connectivity index (χ3n) is 5.18. The number of nitrogens with zero attached hydrogens (tertiary/aromatic N) is 3. The van der Waals surface area contributed by atoms with Crippen molar-refractivity contribution in [3.8, 4) is 11.5 Å². The lowest BCUT2D eigenvalue weighted by Crippen LogP contribution is -2.29. The fourth-order valence-corrected chi connectivity index (χ4v) is 3.96. The molecule has 0 radical (unpaired) electrons. The van der Waals surface area contributed by atoms with E-state index in [2.05, 4.69) is 31.3 Å². The number of fused-ring (bicyclic) bond motifs is 1. The van der Waals surface area contributed by atoms with Gasteiger partial charge in [-0.25, -0.2) is 9.48 Å². The number of anilines is 1. The van der Waals surface area contributed by atoms with E-state index in [0.717, 1.165) is 15.6 Å². The Morgan fingerprint density at radius 2 is 1.88 bits per heavy atom. The van der Waals surface area contributed by atoms with E-state index in [1.165, 1.54) is 6.33 Å². The highest BCUT2D eigenvalue weighted by Gasteiger charge is 2.34. The Morgan fingerprint density at radius 3 is 2.61 bits per heavy atom. The smallest absolute Gasteiger partial charge is 0.338 e. The summed E-state index contributed by atoms with van der Waals surface area (Å²) in [5.41, 5.74) is 3.00. The lowest BCUT2D eigenvalue weighted by Gasteiger charge is -2.28. The second-order valence-corrected chi connectivity index (χ2v) is 8.28. The fourth-order valence-electron chi connectivity index (χ4n) is 3.70. The first kappa shape index (κ1) is 22.8. The van der Waals surface area contributed by atoms with Gasteiger partial charge in [0.15, 0.2) is 11.5 Å². The van der Waals surface area contributed by atoms with Gasteiger partial charge in [-0.15, -0.1) is 0 Å². The van der Waals surface area contributed by atoms with Crippen molar-refractivity contribution in [3.05, 3.63) is 75.7 Å². The maximum absolute atomic E-state index is 12.8. The summed E-state index contributed by atoms with van der Waals surface area (Å²) >= 11 is 3.44. The van der Waals surface area contributed by atoms with Crippen LogP contribution in [0.1, 0.15) is 37.9 Å². The molecule has 3 aromatic rings. The topological polar surface area (TPSA) is 87.5 Å². The lowest BCUT2D eigenvalue weighted by molar-refractivity contribution is -0.139. The highest BCUT2D eigenvalue weighted by Crippen LogP contribution is 2.39. The van der Waals surface area contributed by atoms with Gasteiger partial charge in [0, 0.05) is 10.2 Å². The number of ether oxygens (including phenoxy) is 3. The third-order valence-corrected chi connectivity index (χ3v) is 5.71. The lowest BCUT2D eigenvalue weighted by atomic mass is 9.95. The zero-order valence-electron chi connectivity index (χ0n) is 18.7. The molecule has 9 heteroatoms. The minimum Gasteiger partial charge on any atom is -0.490 e. The summed E-state index contributed by atoms with van der Waals surface area (Å²) in [6, 6.07) is 13.1. The number of nitrogens with one attached hydrogen (secondary N) is 1. The summed E-state index contributed by atoms with van der Waals surface area (Å²) in [6.07, 6.45) is 1.45. The summed E-state index contributed by atoms with van der Waals surface area (Å²) < 4.78 is 20.0. The van der Waals surface area contributed by atoms with E-state index in [9.17, 15) is 4.79 Å². The number of allylic oxidation sites excluding steroid dienone is 1. The molecule has 33 heavy (non-hydrogen) atoms. The Balaban J connectivity index is 1.69. The summed E-state index contributed by atoms with van der Waals surface area (Å²) in [5, 5.41) is 7.48. The van der Waals surface area contributed by atoms with Crippen LogP contribution in [0.4, 0.5) is 5.95 Å². The number of esters is 1. The van der Waals surface area contributed by atoms with Gasteiger partial charge in [0.1, 0.15) is 19.0 Å². The molecule has 2 aromatic carbocycles. The molecule has 0 spiro atoms. The first-order valence-electron chi connectivity index (χ1n) is 10.7. The molecule has 1 N–H and O–H groups in total. The van der Waals surface area contributed by atoms with Gasteiger partial charge < -0.3 is 19.5 Å². The molecular weight excluding hydrogens is 488 g/mol. The first-order valence-corrected chi connectivity index (χ1v) is 11.5. The average Bonchev–Trinajstić information content (AvgIpc) is 3.26. The molecule has 1 unspecified atom stereocenters. The van der Waals surface area contributed by atoms with Crippen LogP contribution in [0.2, 0.25) is 0 Å². The molecule has 4 rings (SSSR count). The fraction of sp³-hybridized carbons (Fsp3) is 0.292. The van der Waals surface area contributed by atoms with Gasteiger partial charge in [0.05, 0.1) is 18.8 Å². The molecule has 0 bridgehead atoms. The van der Waals surface area contributed by atoms with Crippen molar-refractivity contribution in [3.63, 3.8) is 0 Å². The zero-order valence-corrected chi connectivity index (χ0v) is 20.3. The number of halogens is 1. The quantitative estimate of drug-likeness (QED) is 0.430. The number of aromatic nitrogens is 3. The van der Waals surface area contributed by atoms with Gasteiger partial charge in [-0.2, -0.15) is 10.1 Å². The van der Waals surface area contributed by atoms with Crippen molar-refractivity contribution < 1.29 is 19.0 Å². The standard InChI is InChI=1S/C24H25BrN4O4/c1-4-31-20-12-17(8-11-19(20)33-13-16-6-9-18(25)10-7-16)22-21(23(30)32-5-2)15(3)28-24-26-14-27-29(22)24/h6-12,14,22H,4-5,13H2,1-3H3,(H,26,27,28). The van der Waals surface area contributed by atoms with Crippen molar-refractivity contribution in [2.24, 2.45) is 0 Å². The highest BCUT2D eigenvalue weighted by molar-refractivity contribution is 9.10. The maximum atomic E-state index is 12.8. The largest absolute Gasteiger partial charge is 0.490 e. The second-order valence-electron chi connectivity index (χ2n) is 7.37. The van der Waals surface area contributed by atoms with Gasteiger partial charge in [0.25, 0.3) is 0 Å². The van der Waals surface area contributed by atoms with Crippen LogP contribution < -0.4 is 14.8 Å². The van der Waals surface area contributed by atoms with Crippen molar-refractivity contribution in [2.45, 2.75) is 33.4 Å². The van der Waals surface area contributed by atoms with E-state index in [4.69, 9.17) is 14.2 Å². The van der Waals surface area contributed by atoms with Crippen molar-refractivity contribution >= 4 is 27.8 Å². The average molecular weight is 513 g/mol. The number of carbonyl (C=O) groups is 1. The molecule has 8 nitrogen and oxygen atoms in total. The van der Waals surface area contributed by atoms with Crippen LogP contribution in [0.3, 0.4) is 0 Å². The van der Waals surface area contributed by atoms with Crippen LogP contribution in [-0.4, -0.2) is 33.9 Å². The molecular formula is C24H25BrN4O4. The maximum Gasteiger partial charge on any atom is 0.338 e. The Kier molecular flexibility index (Phi) is 6.98. The monoisotopic (exact) mass is 512 g/mol. The van der Waals surface area contributed by atoms with Crippen LogP contribution >= 0.6 is 15.9 Å². The summed E-state index contributed by atoms with van der Waals surface area (Å²) in [5.74, 6) is 1.36. The highest BCUT2D eigenvalue weighted by atomic mass is 79.9. The molecule has 172 valence electrons. The molecule has 1 aromatic heterocycles. The normalized spacial score (nSPS) is 15.0. The second kappa shape index (κ2) is 10.1. The summed E-state index contributed by atoms with van der Waals surface area (Å²) in [6.45, 7) is 6.68. The number of carbonyl (C=O) groups excluding carboxylic acids is 1. The predicted octanol–water partition coefficient (Wildman–Crippen LogP) is 4.87. The number of hydrogen-bond donors (Lipinski definition) is 1. The Morgan fingerprint density at radius 1 is 1.09 bits per heavy atom. The summed E-state index contributed by atoms with van der Waals surface area (Å²) in [4.78, 5) is 17.1. The number of benzene rings is 2. The summed E-state index contributed by atoms with van der Waals surface area (Å²) in [7, 11) is 0. The van der Waals surface area contributed by atoms with E-state index in [1.54, 1.807) is 11.6 Å². The van der Waals surface area contributed by atoms with Gasteiger partial charge >= 0.3 is 5.97 Å². The van der Waals surface area contributed by atoms with E-state index in [-0.39, 0.29) is 6.61 Å². The van der Waals surface area contributed by atoms with E-state index in [0.29, 0.717) is 41.9 Å². The molecule has 0 fully saturated rings. The van der Waals surface area contributed by atoms with Crippen LogP contribution in [0.15, 0.2) is 64.5 Å². The number of rotatable bonds is 8. The van der Waals surface area contributed by atoms with Crippen LogP contribution in [0.5, 0.6) is 11.5 Å². The molecule has 0 aliphatic carbocycles. The Labute approximate surface area is 200 Å². The molecule has 1 aliphatic heterocycles. The number of hydrogen-bond acceptors (Lipinski definition) is 7. The molecule has 0 saturated heterocycles. The predicted molar refractivity (Wildman–Crippen MR) is 127 cm³/mol. The first-order chi connectivity index (χ1) is 16.0. The van der Waals surface area contributed by atoms with Gasteiger partial charge in [0.2, 0.25) is 5.95 Å². The molecule has 1 atom stereocenters. The van der Waals surface area contributed by atoms with Gasteiger partial charge in [-0.1, -0.05) is 34.1 Å². The van der Waals surface area contributed by atoms with E-state index >= 15 is 0 Å². The molecule has 0 amide bonds. The van der Waals surface area contributed by atoms with Crippen molar-refractivity contribution in [1.82, 2.24) is 14.8 Å². The van der Waals surface area contributed by atoms with Crippen molar-refractivity contribution in [1.29, 1.82) is 0 Å². The Bertz CT molecular complexity index is 1170. The minimum atomic E-state index is -0.512. The third kappa shape index (κ3) is 4.88. The minimum absolute atomic E-state index is 0.277. The van der Waals surface area contributed by atoms with Gasteiger partial charge in [-0.3, -0.25) is 0 Å². The SMILES string of the molecule is CCOC(=O)C1=C(C)Nc2ncnn2C1c1ccc(OCc2ccc(Br)cc2)c(OCC)c1. The van der Waals surface area contributed by atoms with Crippen LogP contribution in [0.25, 0.3) is 0 Å².